The fraction of sp³-hybridized carbons (Fsp3) is 0.429. The van der Waals surface area contributed by atoms with Crippen LogP contribution >= 0.6 is 0 Å². The molecule has 0 radical (unpaired) electrons. The molecule has 0 aromatic heterocycles. The van der Waals surface area contributed by atoms with E-state index >= 15 is 0 Å². The summed E-state index contributed by atoms with van der Waals surface area (Å²) in [6.07, 6.45) is 2.77. The van der Waals surface area contributed by atoms with E-state index in [2.05, 4.69) is 32.7 Å². The standard InChI is InChI=1S/C7H12O4/c1-3-5-9-11-7-6-10-8-4-2/h3-4H,1-2,5-7H2. The molecular formula is C7H12O4. The number of hydrogen-bond donors (Lipinski definition) is 0. The second-order valence-corrected chi connectivity index (χ2v) is 1.48. The molecular weight excluding hydrogens is 148 g/mol. The van der Waals surface area contributed by atoms with Crippen LogP contribution in [0.4, 0.5) is 0 Å². The highest BCUT2D eigenvalue weighted by Crippen LogP contribution is 1.82. The van der Waals surface area contributed by atoms with E-state index in [0.717, 1.165) is 0 Å². The molecule has 0 saturated carbocycles. The van der Waals surface area contributed by atoms with Crippen LogP contribution in [0.5, 0.6) is 0 Å². The van der Waals surface area contributed by atoms with Gasteiger partial charge in [0.2, 0.25) is 0 Å². The molecule has 0 aromatic carbocycles. The van der Waals surface area contributed by atoms with E-state index in [1.807, 2.05) is 0 Å². The lowest BCUT2D eigenvalue weighted by molar-refractivity contribution is -0.320. The highest BCUT2D eigenvalue weighted by atomic mass is 17.2. The highest BCUT2D eigenvalue weighted by molar-refractivity contribution is 4.62. The van der Waals surface area contributed by atoms with Crippen LogP contribution in [0.1, 0.15) is 0 Å². The molecule has 0 aliphatic rings. The predicted molar refractivity (Wildman–Crippen MR) is 39.3 cm³/mol. The lowest BCUT2D eigenvalue weighted by Crippen LogP contribution is -2.03. The minimum Gasteiger partial charge on any atom is -0.346 e. The average molecular weight is 160 g/mol. The van der Waals surface area contributed by atoms with Gasteiger partial charge in [-0.2, -0.15) is 4.89 Å². The Morgan fingerprint density at radius 2 is 1.73 bits per heavy atom. The van der Waals surface area contributed by atoms with E-state index < -0.39 is 0 Å². The van der Waals surface area contributed by atoms with Crippen molar-refractivity contribution in [1.82, 2.24) is 0 Å². The summed E-state index contributed by atoms with van der Waals surface area (Å²) in [5.41, 5.74) is 0. The van der Waals surface area contributed by atoms with Crippen molar-refractivity contribution in [3.05, 3.63) is 25.5 Å². The third-order valence-corrected chi connectivity index (χ3v) is 0.655. The third kappa shape index (κ3) is 9.16. The summed E-state index contributed by atoms with van der Waals surface area (Å²) >= 11 is 0. The SMILES string of the molecule is C=CCOOCCOOC=C. The topological polar surface area (TPSA) is 36.9 Å². The summed E-state index contributed by atoms with van der Waals surface area (Å²) in [4.78, 5) is 18.1. The fourth-order valence-corrected chi connectivity index (χ4v) is 0.319. The van der Waals surface area contributed by atoms with E-state index in [1.165, 1.54) is 6.26 Å². The van der Waals surface area contributed by atoms with Gasteiger partial charge < -0.3 is 4.89 Å². The molecule has 4 nitrogen and oxygen atoms in total. The van der Waals surface area contributed by atoms with Crippen molar-refractivity contribution < 1.29 is 19.6 Å². The molecule has 0 aliphatic heterocycles. The molecule has 0 amide bonds. The maximum absolute atomic E-state index is 4.61. The molecule has 0 atom stereocenters. The van der Waals surface area contributed by atoms with Gasteiger partial charge in [0.15, 0.2) is 0 Å². The molecule has 0 N–H and O–H groups in total. The molecule has 0 heterocycles. The Morgan fingerprint density at radius 3 is 2.36 bits per heavy atom. The van der Waals surface area contributed by atoms with Gasteiger partial charge in [-0.05, 0) is 0 Å². The Balaban J connectivity index is 2.79. The van der Waals surface area contributed by atoms with Crippen LogP contribution in [-0.4, -0.2) is 19.8 Å². The van der Waals surface area contributed by atoms with Crippen LogP contribution in [0, 0.1) is 0 Å². The summed E-state index contributed by atoms with van der Waals surface area (Å²) in [5, 5.41) is 0. The van der Waals surface area contributed by atoms with Crippen LogP contribution < -0.4 is 0 Å². The van der Waals surface area contributed by atoms with Crippen LogP contribution in [0.3, 0.4) is 0 Å². The molecule has 0 fully saturated rings. The van der Waals surface area contributed by atoms with Crippen molar-refractivity contribution in [2.45, 2.75) is 0 Å². The fourth-order valence-electron chi connectivity index (χ4n) is 0.319. The maximum atomic E-state index is 4.61. The van der Waals surface area contributed by atoms with E-state index in [4.69, 9.17) is 0 Å². The lowest BCUT2D eigenvalue weighted by atomic mass is 10.7. The Morgan fingerprint density at radius 1 is 1.00 bits per heavy atom. The number of hydrogen-bond acceptors (Lipinski definition) is 4. The molecule has 0 rings (SSSR count). The van der Waals surface area contributed by atoms with Gasteiger partial charge in [-0.25, -0.2) is 9.78 Å². The monoisotopic (exact) mass is 160 g/mol. The highest BCUT2D eigenvalue weighted by Gasteiger charge is 1.87. The van der Waals surface area contributed by atoms with Gasteiger partial charge in [0.1, 0.15) is 26.1 Å². The van der Waals surface area contributed by atoms with Gasteiger partial charge in [-0.3, -0.25) is 0 Å². The summed E-state index contributed by atoms with van der Waals surface area (Å²) < 4.78 is 0. The Kier molecular flexibility index (Phi) is 8.46. The molecule has 0 unspecified atom stereocenters. The molecule has 0 aliphatic carbocycles. The van der Waals surface area contributed by atoms with E-state index in [0.29, 0.717) is 19.8 Å². The molecule has 0 spiro atoms. The van der Waals surface area contributed by atoms with E-state index in [-0.39, 0.29) is 0 Å². The van der Waals surface area contributed by atoms with Crippen molar-refractivity contribution in [2.75, 3.05) is 19.8 Å². The van der Waals surface area contributed by atoms with Crippen LogP contribution in [0.2, 0.25) is 0 Å². The van der Waals surface area contributed by atoms with Crippen LogP contribution in [0.15, 0.2) is 25.5 Å². The minimum absolute atomic E-state index is 0.295. The maximum Gasteiger partial charge on any atom is 0.122 e. The summed E-state index contributed by atoms with van der Waals surface area (Å²) in [7, 11) is 0. The molecule has 11 heavy (non-hydrogen) atoms. The molecule has 64 valence electrons. The molecule has 4 heteroatoms. The molecule has 0 aromatic rings. The summed E-state index contributed by atoms with van der Waals surface area (Å²) in [5.74, 6) is 0. The van der Waals surface area contributed by atoms with Gasteiger partial charge in [0.05, 0.1) is 0 Å². The normalized spacial score (nSPS) is 9.09. The second kappa shape index (κ2) is 9.16. The Hall–Kier alpha value is -0.840. The zero-order valence-electron chi connectivity index (χ0n) is 6.32. The molecule has 0 saturated heterocycles. The Bertz CT molecular complexity index is 90.6. The van der Waals surface area contributed by atoms with Crippen molar-refractivity contribution in [1.29, 1.82) is 0 Å². The van der Waals surface area contributed by atoms with Gasteiger partial charge in [0, 0.05) is 0 Å². The van der Waals surface area contributed by atoms with Crippen molar-refractivity contribution in [2.24, 2.45) is 0 Å². The molecule has 0 bridgehead atoms. The van der Waals surface area contributed by atoms with Gasteiger partial charge in [-0.15, -0.1) is 6.58 Å². The zero-order valence-corrected chi connectivity index (χ0v) is 6.32. The van der Waals surface area contributed by atoms with Gasteiger partial charge in [0.25, 0.3) is 0 Å². The van der Waals surface area contributed by atoms with E-state index in [1.54, 1.807) is 6.08 Å². The van der Waals surface area contributed by atoms with Crippen LogP contribution in [-0.2, 0) is 19.6 Å². The minimum atomic E-state index is 0.295. The first kappa shape index (κ1) is 10.2. The lowest BCUT2D eigenvalue weighted by Gasteiger charge is -2.00. The van der Waals surface area contributed by atoms with Crippen molar-refractivity contribution in [3.63, 3.8) is 0 Å². The number of rotatable bonds is 8. The largest absolute Gasteiger partial charge is 0.346 e. The average Bonchev–Trinajstić information content (AvgIpc) is 2.03. The third-order valence-electron chi connectivity index (χ3n) is 0.655. The quantitative estimate of drug-likeness (QED) is 0.176. The predicted octanol–water partition coefficient (Wildman–Crippen LogP) is 1.21. The van der Waals surface area contributed by atoms with Crippen LogP contribution in [0.25, 0.3) is 0 Å². The smallest absolute Gasteiger partial charge is 0.122 e. The van der Waals surface area contributed by atoms with Gasteiger partial charge in [-0.1, -0.05) is 12.7 Å². The second-order valence-electron chi connectivity index (χ2n) is 1.48. The van der Waals surface area contributed by atoms with Crippen molar-refractivity contribution >= 4 is 0 Å². The summed E-state index contributed by atoms with van der Waals surface area (Å²) in [6.45, 7) is 7.67. The Labute approximate surface area is 65.9 Å². The van der Waals surface area contributed by atoms with Gasteiger partial charge >= 0.3 is 0 Å². The zero-order chi connectivity index (χ0) is 8.36. The first-order valence-corrected chi connectivity index (χ1v) is 3.16. The van der Waals surface area contributed by atoms with Crippen molar-refractivity contribution in [3.8, 4) is 0 Å². The first-order valence-electron chi connectivity index (χ1n) is 3.16. The van der Waals surface area contributed by atoms with E-state index in [9.17, 15) is 0 Å². The summed E-state index contributed by atoms with van der Waals surface area (Å²) in [6, 6.07) is 0. The first-order chi connectivity index (χ1) is 5.41.